The van der Waals surface area contributed by atoms with Crippen molar-refractivity contribution in [3.8, 4) is 0 Å². The van der Waals surface area contributed by atoms with Gasteiger partial charge in [-0.2, -0.15) is 4.98 Å². The molecule has 0 spiro atoms. The zero-order valence-corrected chi connectivity index (χ0v) is 10.6. The molecule has 3 rings (SSSR count). The molecule has 1 aliphatic rings. The molecule has 0 aromatic carbocycles. The molecule has 5 nitrogen and oxygen atoms in total. The second kappa shape index (κ2) is 4.24. The van der Waals surface area contributed by atoms with Gasteiger partial charge >= 0.3 is 0 Å². The third-order valence-corrected chi connectivity index (χ3v) is 3.67. The lowest BCUT2D eigenvalue weighted by Gasteiger charge is -2.21. The quantitative estimate of drug-likeness (QED) is 0.866. The van der Waals surface area contributed by atoms with Gasteiger partial charge in [-0.3, -0.25) is 0 Å². The monoisotopic (exact) mass is 246 g/mol. The molecule has 0 aliphatic heterocycles. The van der Waals surface area contributed by atoms with Crippen LogP contribution in [0.2, 0.25) is 0 Å². The van der Waals surface area contributed by atoms with E-state index in [-0.39, 0.29) is 0 Å². The summed E-state index contributed by atoms with van der Waals surface area (Å²) < 4.78 is 1.76. The van der Waals surface area contributed by atoms with E-state index in [9.17, 15) is 5.11 Å². The van der Waals surface area contributed by atoms with E-state index in [4.69, 9.17) is 0 Å². The zero-order valence-electron chi connectivity index (χ0n) is 10.6. The minimum absolute atomic E-state index is 0.531. The average molecular weight is 246 g/mol. The fourth-order valence-electron chi connectivity index (χ4n) is 2.57. The van der Waals surface area contributed by atoms with Crippen LogP contribution < -0.4 is 5.32 Å². The number of hydrogen-bond donors (Lipinski definition) is 2. The maximum absolute atomic E-state index is 10.3. The molecular formula is C13H18N4O. The average Bonchev–Trinajstić information content (AvgIpc) is 2.94. The molecule has 5 heteroatoms. The first kappa shape index (κ1) is 11.5. The van der Waals surface area contributed by atoms with E-state index >= 15 is 0 Å². The summed E-state index contributed by atoms with van der Waals surface area (Å²) in [6, 6.07) is 3.96. The van der Waals surface area contributed by atoms with Crippen LogP contribution in [0, 0.1) is 6.92 Å². The van der Waals surface area contributed by atoms with Gasteiger partial charge in [-0.05, 0) is 31.4 Å². The molecule has 1 aliphatic carbocycles. The predicted octanol–water partition coefficient (Wildman–Crippen LogP) is 1.75. The van der Waals surface area contributed by atoms with Crippen molar-refractivity contribution < 1.29 is 5.11 Å². The van der Waals surface area contributed by atoms with Gasteiger partial charge in [0.2, 0.25) is 5.95 Å². The summed E-state index contributed by atoms with van der Waals surface area (Å²) in [6.07, 6.45) is 5.83. The summed E-state index contributed by atoms with van der Waals surface area (Å²) in [5.41, 5.74) is 1.38. The standard InChI is InChI=1S/C13H18N4O/c1-10-5-4-8-17-11(10)15-12(16-17)14-9-13(18)6-2-3-7-13/h4-5,8,18H,2-3,6-7,9H2,1H3,(H,14,16). The van der Waals surface area contributed by atoms with Gasteiger partial charge < -0.3 is 10.4 Å². The molecule has 96 valence electrons. The molecule has 1 fully saturated rings. The van der Waals surface area contributed by atoms with Crippen LogP contribution >= 0.6 is 0 Å². The number of fused-ring (bicyclic) bond motifs is 1. The van der Waals surface area contributed by atoms with Gasteiger partial charge in [0.15, 0.2) is 5.65 Å². The smallest absolute Gasteiger partial charge is 0.243 e. The number of aliphatic hydroxyl groups is 1. The summed E-state index contributed by atoms with van der Waals surface area (Å²) >= 11 is 0. The van der Waals surface area contributed by atoms with Crippen LogP contribution in [-0.2, 0) is 0 Å². The molecular weight excluding hydrogens is 228 g/mol. The molecule has 1 saturated carbocycles. The fraction of sp³-hybridized carbons (Fsp3) is 0.538. The minimum Gasteiger partial charge on any atom is -0.388 e. The third kappa shape index (κ3) is 2.06. The summed E-state index contributed by atoms with van der Waals surface area (Å²) in [7, 11) is 0. The van der Waals surface area contributed by atoms with Gasteiger partial charge in [0.05, 0.1) is 5.60 Å². The minimum atomic E-state index is -0.577. The molecule has 0 bridgehead atoms. The number of aryl methyl sites for hydroxylation is 1. The molecule has 2 aromatic rings. The molecule has 0 amide bonds. The van der Waals surface area contributed by atoms with Crippen molar-refractivity contribution in [2.24, 2.45) is 0 Å². The van der Waals surface area contributed by atoms with Crippen LogP contribution in [0.5, 0.6) is 0 Å². The Morgan fingerprint density at radius 1 is 1.44 bits per heavy atom. The molecule has 0 atom stereocenters. The Morgan fingerprint density at radius 2 is 2.22 bits per heavy atom. The van der Waals surface area contributed by atoms with Crippen LogP contribution in [0.1, 0.15) is 31.2 Å². The first-order chi connectivity index (χ1) is 8.66. The van der Waals surface area contributed by atoms with Gasteiger partial charge in [-0.25, -0.2) is 4.52 Å². The van der Waals surface area contributed by atoms with E-state index in [0.29, 0.717) is 12.5 Å². The van der Waals surface area contributed by atoms with Crippen LogP contribution in [0.15, 0.2) is 18.3 Å². The van der Waals surface area contributed by atoms with Crippen molar-refractivity contribution in [3.63, 3.8) is 0 Å². The lowest BCUT2D eigenvalue weighted by atomic mass is 10.0. The molecule has 0 saturated heterocycles. The van der Waals surface area contributed by atoms with E-state index < -0.39 is 5.60 Å². The van der Waals surface area contributed by atoms with E-state index in [1.54, 1.807) is 4.52 Å². The molecule has 0 radical (unpaired) electrons. The van der Waals surface area contributed by atoms with Crippen LogP contribution in [0.4, 0.5) is 5.95 Å². The molecule has 0 unspecified atom stereocenters. The number of hydrogen-bond acceptors (Lipinski definition) is 4. The largest absolute Gasteiger partial charge is 0.388 e. The molecule has 2 heterocycles. The van der Waals surface area contributed by atoms with E-state index in [2.05, 4.69) is 15.4 Å². The predicted molar refractivity (Wildman–Crippen MR) is 69.6 cm³/mol. The van der Waals surface area contributed by atoms with Gasteiger partial charge in [0, 0.05) is 12.7 Å². The Kier molecular flexibility index (Phi) is 2.70. The van der Waals surface area contributed by atoms with E-state index in [1.165, 1.54) is 0 Å². The Balaban J connectivity index is 1.77. The van der Waals surface area contributed by atoms with Gasteiger partial charge in [0.25, 0.3) is 0 Å². The fourth-order valence-corrected chi connectivity index (χ4v) is 2.57. The lowest BCUT2D eigenvalue weighted by molar-refractivity contribution is 0.0613. The Bertz CT molecular complexity index is 557. The zero-order chi connectivity index (χ0) is 12.6. The number of aromatic nitrogens is 3. The number of nitrogens with one attached hydrogen (secondary N) is 1. The van der Waals surface area contributed by atoms with Crippen molar-refractivity contribution in [3.05, 3.63) is 23.9 Å². The summed E-state index contributed by atoms with van der Waals surface area (Å²) in [5, 5.41) is 17.8. The van der Waals surface area contributed by atoms with Crippen molar-refractivity contribution in [1.82, 2.24) is 14.6 Å². The van der Waals surface area contributed by atoms with E-state index in [1.807, 2.05) is 25.3 Å². The van der Waals surface area contributed by atoms with Crippen molar-refractivity contribution in [1.29, 1.82) is 0 Å². The van der Waals surface area contributed by atoms with Crippen LogP contribution in [-0.4, -0.2) is 31.9 Å². The van der Waals surface area contributed by atoms with Crippen molar-refractivity contribution >= 4 is 11.6 Å². The topological polar surface area (TPSA) is 62.5 Å². The maximum atomic E-state index is 10.3. The maximum Gasteiger partial charge on any atom is 0.243 e. The summed E-state index contributed by atoms with van der Waals surface area (Å²) in [6.45, 7) is 2.54. The highest BCUT2D eigenvalue weighted by atomic mass is 16.3. The number of rotatable bonds is 3. The number of nitrogens with zero attached hydrogens (tertiary/aromatic N) is 3. The van der Waals surface area contributed by atoms with Crippen LogP contribution in [0.3, 0.4) is 0 Å². The lowest BCUT2D eigenvalue weighted by Crippen LogP contribution is -2.33. The highest BCUT2D eigenvalue weighted by molar-refractivity contribution is 5.49. The van der Waals surface area contributed by atoms with Crippen LogP contribution in [0.25, 0.3) is 5.65 Å². The number of anilines is 1. The second-order valence-corrected chi connectivity index (χ2v) is 5.18. The summed E-state index contributed by atoms with van der Waals surface area (Å²) in [4.78, 5) is 4.43. The van der Waals surface area contributed by atoms with Crippen molar-refractivity contribution in [2.45, 2.75) is 38.2 Å². The normalized spacial score (nSPS) is 18.3. The first-order valence-corrected chi connectivity index (χ1v) is 6.45. The Hall–Kier alpha value is -1.62. The van der Waals surface area contributed by atoms with Gasteiger partial charge in [-0.1, -0.05) is 18.9 Å². The van der Waals surface area contributed by atoms with E-state index in [0.717, 1.165) is 36.9 Å². The molecule has 2 aromatic heterocycles. The van der Waals surface area contributed by atoms with Gasteiger partial charge in [-0.15, -0.1) is 5.10 Å². The molecule has 18 heavy (non-hydrogen) atoms. The Morgan fingerprint density at radius 3 is 2.94 bits per heavy atom. The highest BCUT2D eigenvalue weighted by Crippen LogP contribution is 2.29. The molecule has 2 N–H and O–H groups in total. The first-order valence-electron chi connectivity index (χ1n) is 6.45. The SMILES string of the molecule is Cc1cccn2nc(NCC3(O)CCCC3)nc12. The highest BCUT2D eigenvalue weighted by Gasteiger charge is 2.31. The Labute approximate surface area is 106 Å². The third-order valence-electron chi connectivity index (χ3n) is 3.67. The van der Waals surface area contributed by atoms with Gasteiger partial charge in [0.1, 0.15) is 0 Å². The van der Waals surface area contributed by atoms with Crippen molar-refractivity contribution in [2.75, 3.05) is 11.9 Å². The second-order valence-electron chi connectivity index (χ2n) is 5.18. The summed E-state index contributed by atoms with van der Waals surface area (Å²) in [5.74, 6) is 0.588. The number of pyridine rings is 1.